The first-order chi connectivity index (χ1) is 9.77. The molecule has 0 bridgehead atoms. The van der Waals surface area contributed by atoms with E-state index in [0.29, 0.717) is 0 Å². The standard InChI is InChI=1S/C17H20NOP/c1-2-3-10-15-18-20(19,16-11-6-4-7-12-16)17-13-8-5-9-14-17/h4-9,11-15H,2-3,10H2,1H3/b18-15+. The first-order valence-corrected chi connectivity index (χ1v) is 8.68. The van der Waals surface area contributed by atoms with Crippen LogP contribution in [0.2, 0.25) is 0 Å². The smallest absolute Gasteiger partial charge is 0.247 e. The molecular weight excluding hydrogens is 265 g/mol. The van der Waals surface area contributed by atoms with Crippen LogP contribution in [0.15, 0.2) is 65.4 Å². The molecule has 3 heteroatoms. The number of benzene rings is 2. The van der Waals surface area contributed by atoms with Crippen molar-refractivity contribution in [3.63, 3.8) is 0 Å². The molecule has 0 aliphatic heterocycles. The first kappa shape index (κ1) is 14.7. The fourth-order valence-corrected chi connectivity index (χ4v) is 4.07. The molecule has 2 aromatic rings. The van der Waals surface area contributed by atoms with Gasteiger partial charge in [0.25, 0.3) is 0 Å². The molecule has 0 amide bonds. The molecule has 2 aromatic carbocycles. The van der Waals surface area contributed by atoms with Crippen molar-refractivity contribution in [2.75, 3.05) is 0 Å². The van der Waals surface area contributed by atoms with E-state index >= 15 is 0 Å². The summed E-state index contributed by atoms with van der Waals surface area (Å²) < 4.78 is 17.8. The predicted molar refractivity (Wildman–Crippen MR) is 87.8 cm³/mol. The van der Waals surface area contributed by atoms with Crippen LogP contribution in [0.25, 0.3) is 0 Å². The van der Waals surface area contributed by atoms with E-state index in [-0.39, 0.29) is 0 Å². The van der Waals surface area contributed by atoms with Crippen molar-refractivity contribution in [3.8, 4) is 0 Å². The summed E-state index contributed by atoms with van der Waals surface area (Å²) in [6, 6.07) is 19.1. The van der Waals surface area contributed by atoms with Crippen molar-refractivity contribution in [3.05, 3.63) is 60.7 Å². The summed E-state index contributed by atoms with van der Waals surface area (Å²) in [4.78, 5) is 0. The lowest BCUT2D eigenvalue weighted by Crippen LogP contribution is -2.14. The molecular formula is C17H20NOP. The van der Waals surface area contributed by atoms with Gasteiger partial charge in [0.05, 0.1) is 0 Å². The van der Waals surface area contributed by atoms with Gasteiger partial charge in [-0.05, 0) is 37.1 Å². The molecule has 2 nitrogen and oxygen atoms in total. The Morgan fingerprint density at radius 3 is 1.90 bits per heavy atom. The van der Waals surface area contributed by atoms with Crippen LogP contribution in [0.1, 0.15) is 26.2 Å². The normalized spacial score (nSPS) is 11.8. The average molecular weight is 285 g/mol. The maximum Gasteiger partial charge on any atom is 0.247 e. The third-order valence-corrected chi connectivity index (χ3v) is 5.63. The van der Waals surface area contributed by atoms with Crippen LogP contribution in [-0.4, -0.2) is 6.21 Å². The molecule has 0 fully saturated rings. The van der Waals surface area contributed by atoms with Crippen molar-refractivity contribution in [1.82, 2.24) is 0 Å². The van der Waals surface area contributed by atoms with E-state index in [4.69, 9.17) is 0 Å². The Balaban J connectivity index is 2.39. The minimum Gasteiger partial charge on any atom is -0.288 e. The largest absolute Gasteiger partial charge is 0.288 e. The molecule has 104 valence electrons. The monoisotopic (exact) mass is 285 g/mol. The topological polar surface area (TPSA) is 29.4 Å². The van der Waals surface area contributed by atoms with Crippen LogP contribution >= 0.6 is 7.29 Å². The average Bonchev–Trinajstić information content (AvgIpc) is 2.53. The van der Waals surface area contributed by atoms with Gasteiger partial charge in [0.15, 0.2) is 0 Å². The maximum atomic E-state index is 13.4. The molecule has 0 heterocycles. The number of hydrogen-bond acceptors (Lipinski definition) is 1. The van der Waals surface area contributed by atoms with Crippen molar-refractivity contribution < 1.29 is 4.57 Å². The number of rotatable bonds is 6. The second-order valence-electron chi connectivity index (χ2n) is 4.69. The Morgan fingerprint density at radius 1 is 0.950 bits per heavy atom. The van der Waals surface area contributed by atoms with Crippen LogP contribution in [0.4, 0.5) is 0 Å². The van der Waals surface area contributed by atoms with Crippen LogP contribution in [0.5, 0.6) is 0 Å². The Hall–Kier alpha value is -1.66. The lowest BCUT2D eigenvalue weighted by atomic mass is 10.3. The van der Waals surface area contributed by atoms with Gasteiger partial charge in [-0.15, -0.1) is 0 Å². The molecule has 0 spiro atoms. The molecule has 0 atom stereocenters. The highest BCUT2D eigenvalue weighted by Crippen LogP contribution is 2.44. The van der Waals surface area contributed by atoms with E-state index in [1.54, 1.807) is 0 Å². The molecule has 0 N–H and O–H groups in total. The molecule has 0 aliphatic rings. The van der Waals surface area contributed by atoms with Crippen molar-refractivity contribution in [2.45, 2.75) is 26.2 Å². The van der Waals surface area contributed by atoms with Crippen molar-refractivity contribution in [1.29, 1.82) is 0 Å². The molecule has 20 heavy (non-hydrogen) atoms. The van der Waals surface area contributed by atoms with E-state index in [2.05, 4.69) is 11.7 Å². The summed E-state index contributed by atoms with van der Waals surface area (Å²) in [7, 11) is -2.89. The van der Waals surface area contributed by atoms with Gasteiger partial charge in [-0.25, -0.2) is 4.76 Å². The summed E-state index contributed by atoms with van der Waals surface area (Å²) in [5.41, 5.74) is 0. The summed E-state index contributed by atoms with van der Waals surface area (Å²) in [6.07, 6.45) is 4.89. The third kappa shape index (κ3) is 3.46. The minimum atomic E-state index is -2.89. The second kappa shape index (κ2) is 7.21. The third-order valence-electron chi connectivity index (χ3n) is 3.14. The summed E-state index contributed by atoms with van der Waals surface area (Å²) >= 11 is 0. The first-order valence-electron chi connectivity index (χ1n) is 7.02. The molecule has 0 saturated heterocycles. The van der Waals surface area contributed by atoms with Crippen LogP contribution in [-0.2, 0) is 4.57 Å². The zero-order valence-electron chi connectivity index (χ0n) is 11.8. The number of hydrogen-bond donors (Lipinski definition) is 0. The van der Waals surface area contributed by atoms with E-state index in [1.165, 1.54) is 0 Å². The predicted octanol–water partition coefficient (Wildman–Crippen LogP) is 4.18. The Kier molecular flexibility index (Phi) is 5.31. The highest BCUT2D eigenvalue weighted by atomic mass is 31.2. The zero-order valence-corrected chi connectivity index (χ0v) is 12.7. The number of unbranched alkanes of at least 4 members (excludes halogenated alkanes) is 2. The lowest BCUT2D eigenvalue weighted by Gasteiger charge is -2.14. The molecule has 0 unspecified atom stereocenters. The molecule has 0 aromatic heterocycles. The SMILES string of the molecule is CCCC/C=N/P(=O)(c1ccccc1)c1ccccc1. The highest BCUT2D eigenvalue weighted by molar-refractivity contribution is 7.77. The van der Waals surface area contributed by atoms with Crippen molar-refractivity contribution >= 4 is 24.1 Å². The molecule has 0 radical (unpaired) electrons. The molecule has 0 aliphatic carbocycles. The van der Waals surface area contributed by atoms with Gasteiger partial charge < -0.3 is 0 Å². The summed E-state index contributed by atoms with van der Waals surface area (Å²) in [5, 5.41) is 1.58. The maximum absolute atomic E-state index is 13.4. The van der Waals surface area contributed by atoms with Crippen molar-refractivity contribution in [2.24, 2.45) is 4.76 Å². The summed E-state index contributed by atoms with van der Waals surface area (Å²) in [5.74, 6) is 0. The van der Waals surface area contributed by atoms with Gasteiger partial charge in [-0.3, -0.25) is 4.57 Å². The number of nitrogens with zero attached hydrogens (tertiary/aromatic N) is 1. The van der Waals surface area contributed by atoms with E-state index < -0.39 is 7.29 Å². The van der Waals surface area contributed by atoms with Gasteiger partial charge >= 0.3 is 0 Å². The van der Waals surface area contributed by atoms with Gasteiger partial charge in [0, 0.05) is 16.8 Å². The quantitative estimate of drug-likeness (QED) is 0.445. The van der Waals surface area contributed by atoms with Gasteiger partial charge in [0.2, 0.25) is 7.29 Å². The minimum absolute atomic E-state index is 0.791. The Morgan fingerprint density at radius 2 is 1.45 bits per heavy atom. The van der Waals surface area contributed by atoms with Crippen LogP contribution in [0, 0.1) is 0 Å². The lowest BCUT2D eigenvalue weighted by molar-refractivity contribution is 0.588. The Bertz CT molecular complexity index is 549. The van der Waals surface area contributed by atoms with E-state index in [1.807, 2.05) is 66.9 Å². The Labute approximate surface area is 121 Å². The van der Waals surface area contributed by atoms with Crippen LogP contribution in [0.3, 0.4) is 0 Å². The van der Waals surface area contributed by atoms with Crippen LogP contribution < -0.4 is 10.6 Å². The molecule has 2 rings (SSSR count). The zero-order chi connectivity index (χ0) is 14.3. The second-order valence-corrected chi connectivity index (χ2v) is 7.10. The van der Waals surface area contributed by atoms with Gasteiger partial charge in [-0.1, -0.05) is 49.7 Å². The van der Waals surface area contributed by atoms with Gasteiger partial charge in [-0.2, -0.15) is 0 Å². The fraction of sp³-hybridized carbons (Fsp3) is 0.235. The van der Waals surface area contributed by atoms with E-state index in [9.17, 15) is 4.57 Å². The molecule has 0 saturated carbocycles. The van der Waals surface area contributed by atoms with Gasteiger partial charge in [0.1, 0.15) is 0 Å². The van der Waals surface area contributed by atoms with E-state index in [0.717, 1.165) is 29.9 Å². The summed E-state index contributed by atoms with van der Waals surface area (Å²) in [6.45, 7) is 2.14. The fourth-order valence-electron chi connectivity index (χ4n) is 2.01. The highest BCUT2D eigenvalue weighted by Gasteiger charge is 2.25.